The van der Waals surface area contributed by atoms with Crippen molar-refractivity contribution < 1.29 is 44.2 Å². The Kier molecular flexibility index (Phi) is 7.30. The largest absolute Gasteiger partial charge is 0.458 e. The zero-order chi connectivity index (χ0) is 22.0. The topological polar surface area (TPSA) is 143 Å². The van der Waals surface area contributed by atoms with Gasteiger partial charge in [0.1, 0.15) is 24.4 Å². The standard InChI is InChI=1S/C21H30O9/c1-10-4-3-5-12(6-7-13-11(2)19(25)28-14(13)8-10)20(26)30-18-16(23)15(9-22)29-21(27)17(18)24/h5,8,11,13-18,21-24,27H,3-4,6-7,9H2,1-2H3/b10-8+,12-5+/t11?,13-,14+,15+,16+,17+,18-,21+/m0/s1. The van der Waals surface area contributed by atoms with Crippen molar-refractivity contribution in [1.29, 1.82) is 0 Å². The lowest BCUT2D eigenvalue weighted by atomic mass is 9.84. The van der Waals surface area contributed by atoms with Crippen molar-refractivity contribution in [2.75, 3.05) is 6.61 Å². The fourth-order valence-corrected chi connectivity index (χ4v) is 4.21. The molecular formula is C21H30O9. The van der Waals surface area contributed by atoms with Crippen LogP contribution in [0.5, 0.6) is 0 Å². The fourth-order valence-electron chi connectivity index (χ4n) is 4.21. The Balaban J connectivity index is 1.74. The number of fused-ring (bicyclic) bond motifs is 1. The molecule has 0 aromatic rings. The number of carbonyl (C=O) groups is 2. The van der Waals surface area contributed by atoms with Crippen LogP contribution in [0.2, 0.25) is 0 Å². The second kappa shape index (κ2) is 9.57. The van der Waals surface area contributed by atoms with E-state index in [-0.39, 0.29) is 23.9 Å². The monoisotopic (exact) mass is 426 g/mol. The van der Waals surface area contributed by atoms with Gasteiger partial charge < -0.3 is 34.6 Å². The lowest BCUT2D eigenvalue weighted by molar-refractivity contribution is -0.289. The molecule has 0 saturated carbocycles. The summed E-state index contributed by atoms with van der Waals surface area (Å²) in [6.45, 7) is 3.16. The molecule has 0 radical (unpaired) electrons. The van der Waals surface area contributed by atoms with Crippen LogP contribution < -0.4 is 0 Å². The Morgan fingerprint density at radius 3 is 2.67 bits per heavy atom. The molecule has 2 saturated heterocycles. The predicted molar refractivity (Wildman–Crippen MR) is 103 cm³/mol. The molecule has 0 amide bonds. The molecule has 3 rings (SSSR count). The van der Waals surface area contributed by atoms with Gasteiger partial charge in [-0.15, -0.1) is 0 Å². The number of aliphatic hydroxyl groups is 4. The third-order valence-electron chi connectivity index (χ3n) is 6.16. The highest BCUT2D eigenvalue weighted by molar-refractivity contribution is 5.88. The molecule has 2 aliphatic heterocycles. The summed E-state index contributed by atoms with van der Waals surface area (Å²) in [6.07, 6.45) is -1.91. The molecule has 9 nitrogen and oxygen atoms in total. The molecule has 4 N–H and O–H groups in total. The number of esters is 2. The average molecular weight is 426 g/mol. The number of ether oxygens (including phenoxy) is 3. The van der Waals surface area contributed by atoms with Gasteiger partial charge in [-0.3, -0.25) is 4.79 Å². The van der Waals surface area contributed by atoms with Crippen LogP contribution >= 0.6 is 0 Å². The molecule has 9 heteroatoms. The van der Waals surface area contributed by atoms with Crippen LogP contribution in [-0.4, -0.2) is 75.8 Å². The number of allylic oxidation sites excluding steroid dienone is 2. The van der Waals surface area contributed by atoms with Crippen LogP contribution in [0.25, 0.3) is 0 Å². The predicted octanol–water partition coefficient (Wildman–Crippen LogP) is -0.0461. The van der Waals surface area contributed by atoms with Crippen molar-refractivity contribution in [3.05, 3.63) is 23.3 Å². The van der Waals surface area contributed by atoms with Crippen LogP contribution in [-0.2, 0) is 23.8 Å². The van der Waals surface area contributed by atoms with E-state index in [0.29, 0.717) is 31.3 Å². The zero-order valence-electron chi connectivity index (χ0n) is 17.1. The molecule has 0 aromatic heterocycles. The van der Waals surface area contributed by atoms with E-state index in [4.69, 9.17) is 14.2 Å². The normalized spacial score (nSPS) is 43.5. The molecule has 2 heterocycles. The first-order chi connectivity index (χ1) is 14.2. The van der Waals surface area contributed by atoms with Crippen LogP contribution in [0.1, 0.15) is 39.5 Å². The fraction of sp³-hybridized carbons (Fsp3) is 0.714. The molecule has 8 atom stereocenters. The molecule has 3 aliphatic rings. The van der Waals surface area contributed by atoms with E-state index >= 15 is 0 Å². The van der Waals surface area contributed by atoms with Gasteiger partial charge in [0.05, 0.1) is 12.5 Å². The van der Waals surface area contributed by atoms with E-state index in [2.05, 4.69) is 0 Å². The minimum absolute atomic E-state index is 0.0680. The maximum absolute atomic E-state index is 12.8. The molecule has 0 spiro atoms. The average Bonchev–Trinajstić information content (AvgIpc) is 2.97. The third-order valence-corrected chi connectivity index (χ3v) is 6.16. The number of aliphatic hydroxyl groups excluding tert-OH is 4. The van der Waals surface area contributed by atoms with Crippen LogP contribution in [0.15, 0.2) is 23.3 Å². The number of carbonyl (C=O) groups excluding carboxylic acids is 2. The highest BCUT2D eigenvalue weighted by Gasteiger charge is 2.46. The molecular weight excluding hydrogens is 396 g/mol. The molecule has 0 bridgehead atoms. The summed E-state index contributed by atoms with van der Waals surface area (Å²) < 4.78 is 15.7. The Labute approximate surface area is 174 Å². The van der Waals surface area contributed by atoms with Crippen molar-refractivity contribution >= 4 is 11.9 Å². The molecule has 2 fully saturated rings. The summed E-state index contributed by atoms with van der Waals surface area (Å²) >= 11 is 0. The minimum atomic E-state index is -1.70. The van der Waals surface area contributed by atoms with Gasteiger partial charge in [-0.05, 0) is 38.7 Å². The summed E-state index contributed by atoms with van der Waals surface area (Å²) in [7, 11) is 0. The number of hydrogen-bond donors (Lipinski definition) is 4. The highest BCUT2D eigenvalue weighted by Crippen LogP contribution is 2.35. The van der Waals surface area contributed by atoms with Crippen molar-refractivity contribution in [3.8, 4) is 0 Å². The smallest absolute Gasteiger partial charge is 0.334 e. The van der Waals surface area contributed by atoms with Gasteiger partial charge in [0.15, 0.2) is 12.4 Å². The van der Waals surface area contributed by atoms with E-state index in [1.807, 2.05) is 19.9 Å². The molecule has 168 valence electrons. The van der Waals surface area contributed by atoms with E-state index in [1.165, 1.54) is 0 Å². The van der Waals surface area contributed by atoms with Crippen LogP contribution in [0.4, 0.5) is 0 Å². The van der Waals surface area contributed by atoms with Gasteiger partial charge in [-0.25, -0.2) is 4.79 Å². The van der Waals surface area contributed by atoms with Crippen molar-refractivity contribution in [1.82, 2.24) is 0 Å². The van der Waals surface area contributed by atoms with Crippen molar-refractivity contribution in [2.24, 2.45) is 11.8 Å². The van der Waals surface area contributed by atoms with E-state index in [1.54, 1.807) is 6.08 Å². The maximum atomic E-state index is 12.8. The van der Waals surface area contributed by atoms with E-state index < -0.39 is 43.3 Å². The first-order valence-corrected chi connectivity index (χ1v) is 10.3. The van der Waals surface area contributed by atoms with Crippen molar-refractivity contribution in [3.63, 3.8) is 0 Å². The number of rotatable bonds is 3. The van der Waals surface area contributed by atoms with Crippen LogP contribution in [0.3, 0.4) is 0 Å². The summed E-state index contributed by atoms with van der Waals surface area (Å²) in [5.41, 5.74) is 1.43. The van der Waals surface area contributed by atoms with Gasteiger partial charge in [0, 0.05) is 11.5 Å². The highest BCUT2D eigenvalue weighted by atomic mass is 16.7. The van der Waals surface area contributed by atoms with Gasteiger partial charge in [0.25, 0.3) is 0 Å². The Morgan fingerprint density at radius 1 is 1.23 bits per heavy atom. The molecule has 0 aromatic carbocycles. The van der Waals surface area contributed by atoms with Gasteiger partial charge in [-0.2, -0.15) is 0 Å². The summed E-state index contributed by atoms with van der Waals surface area (Å²) in [6, 6.07) is 0. The quantitative estimate of drug-likeness (QED) is 0.361. The van der Waals surface area contributed by atoms with Gasteiger partial charge in [-0.1, -0.05) is 18.6 Å². The maximum Gasteiger partial charge on any atom is 0.334 e. The summed E-state index contributed by atoms with van der Waals surface area (Å²) in [4.78, 5) is 24.8. The van der Waals surface area contributed by atoms with Gasteiger partial charge in [0.2, 0.25) is 0 Å². The van der Waals surface area contributed by atoms with Crippen LogP contribution in [0, 0.1) is 11.8 Å². The molecule has 1 aliphatic carbocycles. The third kappa shape index (κ3) is 4.76. The Hall–Kier alpha value is -1.78. The molecule has 1 unspecified atom stereocenters. The zero-order valence-corrected chi connectivity index (χ0v) is 17.1. The first kappa shape index (κ1) is 22.9. The number of hydrogen-bond acceptors (Lipinski definition) is 9. The first-order valence-electron chi connectivity index (χ1n) is 10.3. The Bertz CT molecular complexity index is 715. The lowest BCUT2D eigenvalue weighted by Gasteiger charge is -2.39. The molecule has 30 heavy (non-hydrogen) atoms. The lowest BCUT2D eigenvalue weighted by Crippen LogP contribution is -2.59. The second-order valence-electron chi connectivity index (χ2n) is 8.27. The van der Waals surface area contributed by atoms with Gasteiger partial charge >= 0.3 is 11.9 Å². The second-order valence-corrected chi connectivity index (χ2v) is 8.27. The Morgan fingerprint density at radius 2 is 1.97 bits per heavy atom. The van der Waals surface area contributed by atoms with Crippen molar-refractivity contribution in [2.45, 2.75) is 76.3 Å². The van der Waals surface area contributed by atoms with E-state index in [9.17, 15) is 30.0 Å². The van der Waals surface area contributed by atoms with E-state index in [0.717, 1.165) is 5.57 Å². The summed E-state index contributed by atoms with van der Waals surface area (Å²) in [5, 5.41) is 39.4. The SMILES string of the molecule is C/C1=C\[C@H]2OC(=O)C(C)[C@@H]2CC/C(C(=O)O[C@@H]2[C@@H](O)[C@H](O)O[C@H](CO)[C@H]2O)=C\CC1. The summed E-state index contributed by atoms with van der Waals surface area (Å²) in [5.74, 6) is -1.32. The minimum Gasteiger partial charge on any atom is -0.458 e.